The third kappa shape index (κ3) is 5.67. The van der Waals surface area contributed by atoms with Crippen molar-refractivity contribution < 1.29 is 19.6 Å². The average molecular weight is 435 g/mol. The van der Waals surface area contributed by atoms with Crippen LogP contribution in [0.4, 0.5) is 5.69 Å². The summed E-state index contributed by atoms with van der Waals surface area (Å²) in [5.41, 5.74) is 0.445. The van der Waals surface area contributed by atoms with Crippen molar-refractivity contribution in [1.29, 1.82) is 0 Å². The standard InChI is InChI=1S/C17H16BBrN2O4S/c1-2-17(23)21(13-7-5-12(19)6-8-13)11-16(22)20-15(18(24)25)10-14-4-3-9-26-14/h2-10,24-25H,1,11H2,(H,20,22)/b15-10+. The van der Waals surface area contributed by atoms with Gasteiger partial charge in [0.05, 0.1) is 0 Å². The minimum atomic E-state index is -1.85. The van der Waals surface area contributed by atoms with Gasteiger partial charge >= 0.3 is 7.12 Å². The molecule has 0 aliphatic rings. The van der Waals surface area contributed by atoms with Gasteiger partial charge in [0.25, 0.3) is 5.91 Å². The summed E-state index contributed by atoms with van der Waals surface area (Å²) >= 11 is 4.70. The lowest BCUT2D eigenvalue weighted by atomic mass is 9.85. The number of hydrogen-bond donors (Lipinski definition) is 3. The number of hydrogen-bond acceptors (Lipinski definition) is 5. The molecule has 0 atom stereocenters. The van der Waals surface area contributed by atoms with Crippen molar-refractivity contribution >= 4 is 58.0 Å². The van der Waals surface area contributed by atoms with Crippen molar-refractivity contribution in [2.75, 3.05) is 11.4 Å². The monoisotopic (exact) mass is 434 g/mol. The molecule has 2 aromatic rings. The average Bonchev–Trinajstić information content (AvgIpc) is 3.12. The van der Waals surface area contributed by atoms with Gasteiger partial charge in [0.2, 0.25) is 5.91 Å². The Morgan fingerprint density at radius 2 is 1.96 bits per heavy atom. The fourth-order valence-electron chi connectivity index (χ4n) is 2.07. The van der Waals surface area contributed by atoms with Crippen LogP contribution in [0.1, 0.15) is 4.88 Å². The Kier molecular flexibility index (Phi) is 7.34. The van der Waals surface area contributed by atoms with Gasteiger partial charge in [-0.25, -0.2) is 0 Å². The lowest BCUT2D eigenvalue weighted by Gasteiger charge is -2.21. The van der Waals surface area contributed by atoms with Gasteiger partial charge in [0, 0.05) is 20.6 Å². The molecule has 0 fully saturated rings. The van der Waals surface area contributed by atoms with Crippen molar-refractivity contribution in [3.8, 4) is 0 Å². The minimum Gasteiger partial charge on any atom is -0.422 e. The van der Waals surface area contributed by atoms with Gasteiger partial charge in [0.1, 0.15) is 6.54 Å². The molecule has 0 aliphatic heterocycles. The Morgan fingerprint density at radius 1 is 1.27 bits per heavy atom. The maximum atomic E-state index is 12.3. The number of thiophene rings is 1. The second kappa shape index (κ2) is 9.49. The quantitative estimate of drug-likeness (QED) is 0.460. The lowest BCUT2D eigenvalue weighted by Crippen LogP contribution is -2.42. The normalized spacial score (nSPS) is 11.0. The van der Waals surface area contributed by atoms with Gasteiger partial charge in [-0.3, -0.25) is 14.5 Å². The van der Waals surface area contributed by atoms with E-state index in [9.17, 15) is 19.6 Å². The molecule has 0 saturated heterocycles. The molecule has 0 bridgehead atoms. The van der Waals surface area contributed by atoms with Crippen LogP contribution in [0.15, 0.2) is 64.5 Å². The molecule has 0 saturated carbocycles. The molecule has 2 rings (SSSR count). The first-order valence-electron chi connectivity index (χ1n) is 7.51. The molecular weight excluding hydrogens is 419 g/mol. The smallest absolute Gasteiger partial charge is 0.422 e. The van der Waals surface area contributed by atoms with Crippen LogP contribution in [0, 0.1) is 0 Å². The molecule has 26 heavy (non-hydrogen) atoms. The number of halogens is 1. The summed E-state index contributed by atoms with van der Waals surface area (Å²) in [6.45, 7) is 3.14. The summed E-state index contributed by atoms with van der Waals surface area (Å²) in [5.74, 6) is -1.02. The van der Waals surface area contributed by atoms with Crippen LogP contribution >= 0.6 is 27.3 Å². The number of carbonyl (C=O) groups is 2. The number of rotatable bonds is 7. The van der Waals surface area contributed by atoms with Crippen molar-refractivity contribution in [1.82, 2.24) is 5.32 Å². The topological polar surface area (TPSA) is 89.9 Å². The van der Waals surface area contributed by atoms with Crippen LogP contribution in [-0.2, 0) is 9.59 Å². The molecular formula is C17H16BBrN2O4S. The number of carbonyl (C=O) groups excluding carboxylic acids is 2. The second-order valence-electron chi connectivity index (χ2n) is 5.14. The Hall–Kier alpha value is -2.20. The first-order valence-corrected chi connectivity index (χ1v) is 9.18. The highest BCUT2D eigenvalue weighted by atomic mass is 79.9. The molecule has 0 radical (unpaired) electrons. The maximum absolute atomic E-state index is 12.3. The molecule has 1 aromatic carbocycles. The molecule has 1 aromatic heterocycles. The van der Waals surface area contributed by atoms with Gasteiger partial charge < -0.3 is 15.4 Å². The Bertz CT molecular complexity index is 807. The highest BCUT2D eigenvalue weighted by molar-refractivity contribution is 9.10. The van der Waals surface area contributed by atoms with E-state index >= 15 is 0 Å². The van der Waals surface area contributed by atoms with E-state index in [0.29, 0.717) is 5.69 Å². The van der Waals surface area contributed by atoms with E-state index in [4.69, 9.17) is 0 Å². The largest absolute Gasteiger partial charge is 0.505 e. The number of amides is 2. The molecule has 3 N–H and O–H groups in total. The van der Waals surface area contributed by atoms with E-state index in [2.05, 4.69) is 27.8 Å². The number of benzene rings is 1. The first kappa shape index (κ1) is 20.1. The Labute approximate surface area is 163 Å². The van der Waals surface area contributed by atoms with E-state index < -0.39 is 18.9 Å². The second-order valence-corrected chi connectivity index (χ2v) is 7.04. The zero-order chi connectivity index (χ0) is 19.1. The molecule has 0 spiro atoms. The van der Waals surface area contributed by atoms with E-state index in [1.165, 1.54) is 22.3 Å². The van der Waals surface area contributed by atoms with E-state index in [0.717, 1.165) is 15.4 Å². The van der Waals surface area contributed by atoms with Gasteiger partial charge in [0.15, 0.2) is 0 Å². The van der Waals surface area contributed by atoms with Crippen molar-refractivity contribution in [3.63, 3.8) is 0 Å². The summed E-state index contributed by atoms with van der Waals surface area (Å²) in [4.78, 5) is 26.5. The third-order valence-electron chi connectivity index (χ3n) is 3.28. The van der Waals surface area contributed by atoms with Crippen LogP contribution in [0.5, 0.6) is 0 Å². The molecule has 134 valence electrons. The predicted octanol–water partition coefficient (Wildman–Crippen LogP) is 2.20. The zero-order valence-electron chi connectivity index (χ0n) is 13.6. The first-order chi connectivity index (χ1) is 12.4. The number of nitrogens with zero attached hydrogens (tertiary/aromatic N) is 1. The zero-order valence-corrected chi connectivity index (χ0v) is 16.0. The van der Waals surface area contributed by atoms with E-state index in [1.54, 1.807) is 36.4 Å². The highest BCUT2D eigenvalue weighted by Gasteiger charge is 2.21. The lowest BCUT2D eigenvalue weighted by molar-refractivity contribution is -0.121. The van der Waals surface area contributed by atoms with Gasteiger partial charge in [-0.2, -0.15) is 0 Å². The van der Waals surface area contributed by atoms with E-state index in [1.807, 2.05) is 5.38 Å². The van der Waals surface area contributed by atoms with Crippen molar-refractivity contribution in [2.45, 2.75) is 0 Å². The van der Waals surface area contributed by atoms with Crippen LogP contribution in [0.3, 0.4) is 0 Å². The minimum absolute atomic E-state index is 0.0701. The number of anilines is 1. The van der Waals surface area contributed by atoms with Crippen LogP contribution < -0.4 is 10.2 Å². The molecule has 1 heterocycles. The summed E-state index contributed by atoms with van der Waals surface area (Å²) in [6, 6.07) is 10.4. The predicted molar refractivity (Wildman–Crippen MR) is 107 cm³/mol. The van der Waals surface area contributed by atoms with Crippen LogP contribution in [0.2, 0.25) is 0 Å². The van der Waals surface area contributed by atoms with E-state index in [-0.39, 0.29) is 12.1 Å². The number of nitrogens with one attached hydrogen (secondary N) is 1. The van der Waals surface area contributed by atoms with Gasteiger partial charge in [-0.05, 0) is 47.9 Å². The summed E-state index contributed by atoms with van der Waals surface area (Å²) in [7, 11) is -1.85. The highest BCUT2D eigenvalue weighted by Crippen LogP contribution is 2.19. The molecule has 6 nitrogen and oxygen atoms in total. The Balaban J connectivity index is 2.16. The van der Waals surface area contributed by atoms with Crippen LogP contribution in [-0.4, -0.2) is 35.5 Å². The van der Waals surface area contributed by atoms with Crippen molar-refractivity contribution in [3.05, 3.63) is 69.4 Å². The summed E-state index contributed by atoms with van der Waals surface area (Å²) < 4.78 is 0.835. The molecule has 0 aliphatic carbocycles. The molecule has 0 unspecified atom stereocenters. The fourth-order valence-corrected chi connectivity index (χ4v) is 3.00. The summed E-state index contributed by atoms with van der Waals surface area (Å²) in [5, 5.41) is 23.2. The summed E-state index contributed by atoms with van der Waals surface area (Å²) in [6.07, 6.45) is 2.57. The fraction of sp³-hybridized carbons (Fsp3) is 0.0588. The molecule has 9 heteroatoms. The van der Waals surface area contributed by atoms with Gasteiger partial charge in [-0.1, -0.05) is 28.6 Å². The van der Waals surface area contributed by atoms with Crippen molar-refractivity contribution in [2.24, 2.45) is 0 Å². The van der Waals surface area contributed by atoms with Gasteiger partial charge in [-0.15, -0.1) is 11.3 Å². The Morgan fingerprint density at radius 3 is 2.50 bits per heavy atom. The third-order valence-corrected chi connectivity index (χ3v) is 4.63. The SMILES string of the molecule is C=CC(=O)N(CC(=O)N/C(=C/c1cccs1)B(O)O)c1ccc(Br)cc1. The van der Waals surface area contributed by atoms with Crippen LogP contribution in [0.25, 0.3) is 6.08 Å². The maximum Gasteiger partial charge on any atom is 0.505 e. The molecule has 2 amide bonds.